The van der Waals surface area contributed by atoms with Gasteiger partial charge in [0.2, 0.25) is 0 Å². The van der Waals surface area contributed by atoms with Crippen LogP contribution in [0.25, 0.3) is 10.2 Å². The molecule has 1 aromatic carbocycles. The van der Waals surface area contributed by atoms with E-state index in [1.165, 1.54) is 29.9 Å². The Labute approximate surface area is 171 Å². The lowest BCUT2D eigenvalue weighted by Crippen LogP contribution is -2.31. The van der Waals surface area contributed by atoms with E-state index in [9.17, 15) is 9.18 Å². The first kappa shape index (κ1) is 19.1. The molecule has 1 fully saturated rings. The molecule has 1 saturated heterocycles. The van der Waals surface area contributed by atoms with E-state index < -0.39 is 5.82 Å². The lowest BCUT2D eigenvalue weighted by molar-refractivity contribution is 0.0952. The number of thiophene rings is 1. The summed E-state index contributed by atoms with van der Waals surface area (Å²) >= 11 is 7.57. The molecule has 1 amide bonds. The maximum atomic E-state index is 13.2. The summed E-state index contributed by atoms with van der Waals surface area (Å²) < 4.78 is 13.2. The Morgan fingerprint density at radius 1 is 1.29 bits per heavy atom. The number of anilines is 1. The fraction of sp³-hybridized carbons (Fsp3) is 0.350. The standard InChI is InChI=1S/C20H20ClFN4OS/c1-12-16(19(27)23-10-13-5-6-14(22)9-15(13)21)17-18(24-11-25-20(17)28-12)26-7-3-2-4-8-26/h5-6,9,11H,2-4,7-8,10H2,1H3,(H,23,27). The van der Waals surface area contributed by atoms with Gasteiger partial charge in [0.25, 0.3) is 5.91 Å². The van der Waals surface area contributed by atoms with Crippen LogP contribution in [0.2, 0.25) is 5.02 Å². The summed E-state index contributed by atoms with van der Waals surface area (Å²) in [4.78, 5) is 25.9. The van der Waals surface area contributed by atoms with Crippen LogP contribution in [0, 0.1) is 12.7 Å². The summed E-state index contributed by atoms with van der Waals surface area (Å²) in [5.41, 5.74) is 1.28. The van der Waals surface area contributed by atoms with Crippen LogP contribution < -0.4 is 10.2 Å². The van der Waals surface area contributed by atoms with Gasteiger partial charge in [-0.2, -0.15) is 0 Å². The highest BCUT2D eigenvalue weighted by atomic mass is 35.5. The van der Waals surface area contributed by atoms with E-state index in [-0.39, 0.29) is 12.5 Å². The molecule has 2 aromatic heterocycles. The minimum atomic E-state index is -0.400. The van der Waals surface area contributed by atoms with Gasteiger partial charge in [-0.1, -0.05) is 17.7 Å². The minimum absolute atomic E-state index is 0.197. The van der Waals surface area contributed by atoms with Gasteiger partial charge in [-0.25, -0.2) is 14.4 Å². The van der Waals surface area contributed by atoms with Crippen LogP contribution in [0.5, 0.6) is 0 Å². The second-order valence-electron chi connectivity index (χ2n) is 6.88. The highest BCUT2D eigenvalue weighted by Crippen LogP contribution is 2.35. The number of amides is 1. The molecule has 0 saturated carbocycles. The maximum absolute atomic E-state index is 13.2. The van der Waals surface area contributed by atoms with E-state index >= 15 is 0 Å². The number of piperidine rings is 1. The van der Waals surface area contributed by atoms with Crippen molar-refractivity contribution >= 4 is 44.9 Å². The summed E-state index contributed by atoms with van der Waals surface area (Å²) in [6, 6.07) is 4.16. The van der Waals surface area contributed by atoms with Crippen molar-refractivity contribution < 1.29 is 9.18 Å². The Morgan fingerprint density at radius 2 is 2.07 bits per heavy atom. The van der Waals surface area contributed by atoms with Crippen molar-refractivity contribution in [1.82, 2.24) is 15.3 Å². The van der Waals surface area contributed by atoms with Gasteiger partial charge in [0.05, 0.1) is 10.9 Å². The van der Waals surface area contributed by atoms with Crippen LogP contribution >= 0.6 is 22.9 Å². The largest absolute Gasteiger partial charge is 0.356 e. The second-order valence-corrected chi connectivity index (χ2v) is 8.49. The zero-order valence-corrected chi connectivity index (χ0v) is 17.0. The number of halogens is 2. The summed E-state index contributed by atoms with van der Waals surface area (Å²) in [7, 11) is 0. The van der Waals surface area contributed by atoms with E-state index in [1.54, 1.807) is 12.4 Å². The number of hydrogen-bond donors (Lipinski definition) is 1. The molecule has 3 heterocycles. The molecule has 146 valence electrons. The minimum Gasteiger partial charge on any atom is -0.356 e. The number of nitrogens with one attached hydrogen (secondary N) is 1. The fourth-order valence-corrected chi connectivity index (χ4v) is 4.79. The Kier molecular flexibility index (Phi) is 5.46. The van der Waals surface area contributed by atoms with Crippen LogP contribution in [0.15, 0.2) is 24.5 Å². The van der Waals surface area contributed by atoms with Crippen molar-refractivity contribution in [2.24, 2.45) is 0 Å². The summed E-state index contributed by atoms with van der Waals surface area (Å²) in [5.74, 6) is 0.235. The molecule has 1 N–H and O–H groups in total. The van der Waals surface area contributed by atoms with Crippen molar-refractivity contribution in [2.75, 3.05) is 18.0 Å². The fourth-order valence-electron chi connectivity index (χ4n) is 3.58. The molecule has 0 radical (unpaired) electrons. The summed E-state index contributed by atoms with van der Waals surface area (Å²) in [6.07, 6.45) is 5.04. The molecule has 0 aliphatic carbocycles. The van der Waals surface area contributed by atoms with E-state index in [1.807, 2.05) is 6.92 Å². The number of rotatable bonds is 4. The zero-order chi connectivity index (χ0) is 19.7. The molecule has 1 aliphatic heterocycles. The van der Waals surface area contributed by atoms with Gasteiger partial charge in [-0.15, -0.1) is 11.3 Å². The monoisotopic (exact) mass is 418 g/mol. The molecule has 4 rings (SSSR count). The van der Waals surface area contributed by atoms with E-state index in [0.717, 1.165) is 46.8 Å². The van der Waals surface area contributed by atoms with Crippen LogP contribution in [0.4, 0.5) is 10.2 Å². The number of hydrogen-bond acceptors (Lipinski definition) is 5. The number of aryl methyl sites for hydroxylation is 1. The van der Waals surface area contributed by atoms with E-state index in [2.05, 4.69) is 20.2 Å². The van der Waals surface area contributed by atoms with E-state index in [0.29, 0.717) is 16.1 Å². The zero-order valence-electron chi connectivity index (χ0n) is 15.5. The first-order chi connectivity index (χ1) is 13.5. The van der Waals surface area contributed by atoms with Crippen molar-refractivity contribution in [3.8, 4) is 0 Å². The van der Waals surface area contributed by atoms with Gasteiger partial charge in [0.1, 0.15) is 22.8 Å². The van der Waals surface area contributed by atoms with Crippen molar-refractivity contribution in [2.45, 2.75) is 32.7 Å². The topological polar surface area (TPSA) is 58.1 Å². The Bertz CT molecular complexity index is 1030. The van der Waals surface area contributed by atoms with Crippen molar-refractivity contribution in [3.05, 3.63) is 51.4 Å². The number of fused-ring (bicyclic) bond motifs is 1. The van der Waals surface area contributed by atoms with Gasteiger partial charge < -0.3 is 10.2 Å². The van der Waals surface area contributed by atoms with Crippen LogP contribution in [0.3, 0.4) is 0 Å². The number of benzene rings is 1. The molecule has 8 heteroatoms. The highest BCUT2D eigenvalue weighted by molar-refractivity contribution is 7.19. The average molecular weight is 419 g/mol. The Balaban J connectivity index is 1.65. The SMILES string of the molecule is Cc1sc2ncnc(N3CCCCC3)c2c1C(=O)NCc1ccc(F)cc1Cl. The van der Waals surface area contributed by atoms with Crippen LogP contribution in [0.1, 0.15) is 40.1 Å². The third-order valence-electron chi connectivity index (χ3n) is 4.98. The van der Waals surface area contributed by atoms with E-state index in [4.69, 9.17) is 11.6 Å². The molecule has 1 aliphatic rings. The molecule has 0 bridgehead atoms. The summed E-state index contributed by atoms with van der Waals surface area (Å²) in [6.45, 7) is 4.02. The quantitative estimate of drug-likeness (QED) is 0.666. The smallest absolute Gasteiger partial charge is 0.253 e. The first-order valence-electron chi connectivity index (χ1n) is 9.26. The lowest BCUT2D eigenvalue weighted by Gasteiger charge is -2.28. The summed E-state index contributed by atoms with van der Waals surface area (Å²) in [5, 5.41) is 4.02. The van der Waals surface area contributed by atoms with Crippen LogP contribution in [-0.4, -0.2) is 29.0 Å². The average Bonchev–Trinajstić information content (AvgIpc) is 3.03. The first-order valence-corrected chi connectivity index (χ1v) is 10.4. The van der Waals surface area contributed by atoms with Gasteiger partial charge in [-0.05, 0) is 43.9 Å². The van der Waals surface area contributed by atoms with Crippen molar-refractivity contribution in [3.63, 3.8) is 0 Å². The molecule has 0 unspecified atom stereocenters. The van der Waals surface area contributed by atoms with Crippen LogP contribution in [-0.2, 0) is 6.54 Å². The third kappa shape index (κ3) is 3.69. The van der Waals surface area contributed by atoms with Gasteiger partial charge in [0, 0.05) is 29.5 Å². The lowest BCUT2D eigenvalue weighted by atomic mass is 10.1. The Morgan fingerprint density at radius 3 is 2.82 bits per heavy atom. The predicted octanol–water partition coefficient (Wildman–Crippen LogP) is 4.71. The molecule has 3 aromatic rings. The normalized spacial score (nSPS) is 14.5. The molecular weight excluding hydrogens is 399 g/mol. The van der Waals surface area contributed by atoms with Crippen molar-refractivity contribution in [1.29, 1.82) is 0 Å². The third-order valence-corrected chi connectivity index (χ3v) is 6.35. The number of carbonyl (C=O) groups excluding carboxylic acids is 1. The molecule has 0 spiro atoms. The Hall–Kier alpha value is -2.25. The number of aromatic nitrogens is 2. The maximum Gasteiger partial charge on any atom is 0.253 e. The predicted molar refractivity (Wildman–Crippen MR) is 111 cm³/mol. The molecule has 28 heavy (non-hydrogen) atoms. The second kappa shape index (κ2) is 8.01. The van der Waals surface area contributed by atoms with Gasteiger partial charge in [0.15, 0.2) is 0 Å². The molecule has 0 atom stereocenters. The number of nitrogens with zero attached hydrogens (tertiary/aromatic N) is 3. The molecule has 5 nitrogen and oxygen atoms in total. The molecular formula is C20H20ClFN4OS. The number of carbonyl (C=O) groups is 1. The highest BCUT2D eigenvalue weighted by Gasteiger charge is 2.24. The van der Waals surface area contributed by atoms with Gasteiger partial charge in [-0.3, -0.25) is 4.79 Å². The van der Waals surface area contributed by atoms with Gasteiger partial charge >= 0.3 is 0 Å².